The van der Waals surface area contributed by atoms with Gasteiger partial charge in [-0.25, -0.2) is 9.37 Å². The molecule has 2 heterocycles. The van der Waals surface area contributed by atoms with Gasteiger partial charge in [0.1, 0.15) is 5.82 Å². The van der Waals surface area contributed by atoms with Crippen molar-refractivity contribution < 1.29 is 14.0 Å². The molecule has 0 bridgehead atoms. The first-order valence-corrected chi connectivity index (χ1v) is 8.78. The van der Waals surface area contributed by atoms with Crippen LogP contribution < -0.4 is 10.6 Å². The molecule has 0 aliphatic carbocycles. The lowest BCUT2D eigenvalue weighted by Gasteiger charge is -2.05. The van der Waals surface area contributed by atoms with Gasteiger partial charge >= 0.3 is 0 Å². The molecule has 2 aromatic heterocycles. The zero-order valence-electron chi connectivity index (χ0n) is 15.2. The summed E-state index contributed by atoms with van der Waals surface area (Å²) in [5.74, 6) is -0.779. The average molecular weight is 368 g/mol. The highest BCUT2D eigenvalue weighted by Crippen LogP contribution is 2.16. The van der Waals surface area contributed by atoms with E-state index in [0.717, 1.165) is 6.42 Å². The molecule has 0 saturated carbocycles. The number of anilines is 1. The topological polar surface area (TPSA) is 75.5 Å². The molecule has 2 N–H and O–H groups in total. The van der Waals surface area contributed by atoms with Gasteiger partial charge in [0.15, 0.2) is 5.69 Å². The van der Waals surface area contributed by atoms with Gasteiger partial charge in [-0.2, -0.15) is 0 Å². The molecule has 27 heavy (non-hydrogen) atoms. The number of nitrogens with one attached hydrogen (secondary N) is 2. The summed E-state index contributed by atoms with van der Waals surface area (Å²) in [5.41, 5.74) is 1.03. The lowest BCUT2D eigenvalue weighted by Crippen LogP contribution is -2.26. The Labute approximate surface area is 156 Å². The fourth-order valence-corrected chi connectivity index (χ4v) is 2.68. The lowest BCUT2D eigenvalue weighted by molar-refractivity contribution is 0.0949. The third-order valence-electron chi connectivity index (χ3n) is 4.06. The third-order valence-corrected chi connectivity index (χ3v) is 4.06. The minimum atomic E-state index is -0.525. The van der Waals surface area contributed by atoms with E-state index < -0.39 is 11.7 Å². The van der Waals surface area contributed by atoms with Gasteiger partial charge in [-0.3, -0.25) is 14.0 Å². The summed E-state index contributed by atoms with van der Waals surface area (Å²) < 4.78 is 14.9. The summed E-state index contributed by atoms with van der Waals surface area (Å²) in [6, 6.07) is 10.8. The van der Waals surface area contributed by atoms with Crippen molar-refractivity contribution in [2.45, 2.75) is 20.3 Å². The maximum Gasteiger partial charge on any atom is 0.292 e. The van der Waals surface area contributed by atoms with Crippen LogP contribution in [0.25, 0.3) is 5.52 Å². The van der Waals surface area contributed by atoms with E-state index >= 15 is 0 Å². The molecule has 2 amide bonds. The molecule has 0 aliphatic rings. The van der Waals surface area contributed by atoms with Crippen LogP contribution in [-0.4, -0.2) is 27.7 Å². The molecule has 6 nitrogen and oxygen atoms in total. The van der Waals surface area contributed by atoms with E-state index in [1.165, 1.54) is 18.2 Å². The van der Waals surface area contributed by atoms with Crippen molar-refractivity contribution in [3.8, 4) is 0 Å². The van der Waals surface area contributed by atoms with Gasteiger partial charge in [0.25, 0.3) is 11.8 Å². The molecule has 0 atom stereocenters. The third kappa shape index (κ3) is 4.31. The fourth-order valence-electron chi connectivity index (χ4n) is 2.68. The minimum Gasteiger partial charge on any atom is -0.351 e. The van der Waals surface area contributed by atoms with Gasteiger partial charge in [0.2, 0.25) is 5.82 Å². The highest BCUT2D eigenvalue weighted by molar-refractivity contribution is 6.06. The summed E-state index contributed by atoms with van der Waals surface area (Å²) in [4.78, 5) is 29.4. The number of imidazole rings is 1. The Morgan fingerprint density at radius 3 is 2.70 bits per heavy atom. The van der Waals surface area contributed by atoms with Gasteiger partial charge in [-0.05, 0) is 42.7 Å². The van der Waals surface area contributed by atoms with E-state index in [1.807, 2.05) is 0 Å². The van der Waals surface area contributed by atoms with Crippen LogP contribution in [0.1, 0.15) is 41.4 Å². The molecule has 0 spiro atoms. The molecule has 0 radical (unpaired) electrons. The summed E-state index contributed by atoms with van der Waals surface area (Å²) in [6.45, 7) is 4.69. The molecule has 3 aromatic rings. The van der Waals surface area contributed by atoms with Crippen molar-refractivity contribution in [2.75, 3.05) is 11.9 Å². The molecule has 1 aromatic carbocycles. The van der Waals surface area contributed by atoms with Gasteiger partial charge in [-0.15, -0.1) is 0 Å². The second-order valence-electron chi connectivity index (χ2n) is 6.64. The van der Waals surface area contributed by atoms with E-state index in [0.29, 0.717) is 23.7 Å². The monoisotopic (exact) mass is 368 g/mol. The van der Waals surface area contributed by atoms with Crippen molar-refractivity contribution in [1.82, 2.24) is 14.7 Å². The normalized spacial score (nSPS) is 11.0. The summed E-state index contributed by atoms with van der Waals surface area (Å²) in [5, 5.41) is 5.44. The van der Waals surface area contributed by atoms with Crippen LogP contribution in [0.4, 0.5) is 10.1 Å². The number of hydrogen-bond acceptors (Lipinski definition) is 3. The van der Waals surface area contributed by atoms with E-state index in [4.69, 9.17) is 0 Å². The Bertz CT molecular complexity index is 981. The number of benzene rings is 1. The predicted molar refractivity (Wildman–Crippen MR) is 101 cm³/mol. The second-order valence-corrected chi connectivity index (χ2v) is 6.64. The zero-order chi connectivity index (χ0) is 19.4. The molecule has 3 rings (SSSR count). The van der Waals surface area contributed by atoms with Gasteiger partial charge in [0, 0.05) is 18.4 Å². The zero-order valence-corrected chi connectivity index (χ0v) is 15.2. The fraction of sp³-hybridized carbons (Fsp3) is 0.250. The number of nitrogens with zero attached hydrogens (tertiary/aromatic N) is 2. The van der Waals surface area contributed by atoms with Gasteiger partial charge < -0.3 is 10.6 Å². The van der Waals surface area contributed by atoms with Crippen molar-refractivity contribution in [1.29, 1.82) is 0 Å². The van der Waals surface area contributed by atoms with Crippen molar-refractivity contribution in [2.24, 2.45) is 5.92 Å². The maximum atomic E-state index is 13.3. The van der Waals surface area contributed by atoms with Crippen LogP contribution in [0.2, 0.25) is 0 Å². The molecule has 140 valence electrons. The Balaban J connectivity index is 1.87. The molecule has 0 fully saturated rings. The van der Waals surface area contributed by atoms with E-state index in [1.54, 1.807) is 34.9 Å². The highest BCUT2D eigenvalue weighted by Gasteiger charge is 2.21. The standard InChI is InChI=1S/C20H21FN4O2/c1-13(2)9-10-22-19(26)17-16-8-3-4-11-25(16)18(24-17)20(27)23-15-7-5-6-14(21)12-15/h3-8,11-13H,9-10H2,1-2H3,(H,22,26)(H,23,27). The Hall–Kier alpha value is -3.22. The first-order chi connectivity index (χ1) is 13.0. The molecule has 0 aliphatic heterocycles. The van der Waals surface area contributed by atoms with Crippen molar-refractivity contribution in [3.05, 3.63) is 66.0 Å². The number of pyridine rings is 1. The van der Waals surface area contributed by atoms with Crippen LogP contribution in [-0.2, 0) is 0 Å². The maximum absolute atomic E-state index is 13.3. The number of fused-ring (bicyclic) bond motifs is 1. The van der Waals surface area contributed by atoms with Gasteiger partial charge in [-0.1, -0.05) is 26.0 Å². The highest BCUT2D eigenvalue weighted by atomic mass is 19.1. The molecular formula is C20H21FN4O2. The molecular weight excluding hydrogens is 347 g/mol. The number of aromatic nitrogens is 2. The lowest BCUT2D eigenvalue weighted by atomic mass is 10.1. The van der Waals surface area contributed by atoms with E-state index in [-0.39, 0.29) is 17.4 Å². The SMILES string of the molecule is CC(C)CCNC(=O)c1nc(C(=O)Nc2cccc(F)c2)n2ccccc12. The Morgan fingerprint density at radius 1 is 1.15 bits per heavy atom. The van der Waals surface area contributed by atoms with Crippen molar-refractivity contribution >= 4 is 23.0 Å². The number of hydrogen-bond donors (Lipinski definition) is 2. The predicted octanol–water partition coefficient (Wildman–Crippen LogP) is 3.50. The van der Waals surface area contributed by atoms with Crippen LogP contribution in [0, 0.1) is 11.7 Å². The number of carbonyl (C=O) groups is 2. The van der Waals surface area contributed by atoms with Gasteiger partial charge in [0.05, 0.1) is 5.52 Å². The van der Waals surface area contributed by atoms with Crippen LogP contribution >= 0.6 is 0 Å². The first kappa shape index (κ1) is 18.6. The Kier molecular flexibility index (Phi) is 5.49. The second kappa shape index (κ2) is 7.99. The molecule has 0 saturated heterocycles. The molecule has 0 unspecified atom stereocenters. The van der Waals surface area contributed by atoms with E-state index in [2.05, 4.69) is 29.5 Å². The number of halogens is 1. The number of carbonyl (C=O) groups excluding carboxylic acids is 2. The van der Waals surface area contributed by atoms with E-state index in [9.17, 15) is 14.0 Å². The Morgan fingerprint density at radius 2 is 1.96 bits per heavy atom. The number of rotatable bonds is 6. The van der Waals surface area contributed by atoms with Crippen LogP contribution in [0.15, 0.2) is 48.7 Å². The van der Waals surface area contributed by atoms with Crippen LogP contribution in [0.5, 0.6) is 0 Å². The minimum absolute atomic E-state index is 0.0591. The summed E-state index contributed by atoms with van der Waals surface area (Å²) in [6.07, 6.45) is 2.51. The smallest absolute Gasteiger partial charge is 0.292 e. The average Bonchev–Trinajstić information content (AvgIpc) is 3.01. The largest absolute Gasteiger partial charge is 0.351 e. The summed E-state index contributed by atoms with van der Waals surface area (Å²) in [7, 11) is 0. The molecule has 7 heteroatoms. The quantitative estimate of drug-likeness (QED) is 0.699. The van der Waals surface area contributed by atoms with Crippen LogP contribution in [0.3, 0.4) is 0 Å². The van der Waals surface area contributed by atoms with Crippen molar-refractivity contribution in [3.63, 3.8) is 0 Å². The first-order valence-electron chi connectivity index (χ1n) is 8.78. The summed E-state index contributed by atoms with van der Waals surface area (Å²) >= 11 is 0. The number of amides is 2.